The summed E-state index contributed by atoms with van der Waals surface area (Å²) in [6.45, 7) is 9.34. The molecule has 0 aromatic heterocycles. The van der Waals surface area contributed by atoms with Crippen LogP contribution in [0, 0.1) is 0 Å². The van der Waals surface area contributed by atoms with Crippen molar-refractivity contribution in [3.63, 3.8) is 0 Å². The first-order valence-corrected chi connectivity index (χ1v) is 15.1. The number of halogens is 2. The van der Waals surface area contributed by atoms with Gasteiger partial charge >= 0.3 is 0 Å². The molecule has 0 spiro atoms. The minimum Gasteiger partial charge on any atom is -1.00 e. The van der Waals surface area contributed by atoms with Crippen molar-refractivity contribution in [3.8, 4) is 11.1 Å². The lowest BCUT2D eigenvalue weighted by Gasteiger charge is -2.30. The van der Waals surface area contributed by atoms with E-state index in [-0.39, 0.29) is 34.0 Å². The van der Waals surface area contributed by atoms with Crippen LogP contribution in [-0.2, 0) is 13.1 Å². The van der Waals surface area contributed by atoms with Crippen LogP contribution in [0.15, 0.2) is 48.5 Å². The highest BCUT2D eigenvalue weighted by atomic mass is 79.9. The van der Waals surface area contributed by atoms with E-state index in [9.17, 15) is 0 Å². The molecule has 2 nitrogen and oxygen atoms in total. The first-order chi connectivity index (χ1) is 17.2. The zero-order valence-electron chi connectivity index (χ0n) is 25.6. The lowest BCUT2D eigenvalue weighted by molar-refractivity contribution is -0.903. The highest BCUT2D eigenvalue weighted by molar-refractivity contribution is 5.63. The molecule has 0 aliphatic heterocycles. The number of benzene rings is 2. The third-order valence-corrected chi connectivity index (χ3v) is 7.70. The Kier molecular flexibility index (Phi) is 19.9. The zero-order chi connectivity index (χ0) is 26.3. The largest absolute Gasteiger partial charge is 1.00 e. The van der Waals surface area contributed by atoms with Crippen molar-refractivity contribution in [1.82, 2.24) is 0 Å². The summed E-state index contributed by atoms with van der Waals surface area (Å²) < 4.78 is 2.16. The van der Waals surface area contributed by atoms with Crippen LogP contribution >= 0.6 is 0 Å². The molecule has 4 heteroatoms. The minimum atomic E-state index is 0. The fraction of sp³-hybridized carbons (Fsp3) is 0.647. The number of rotatable bonds is 19. The number of hydrogen-bond donors (Lipinski definition) is 0. The van der Waals surface area contributed by atoms with Gasteiger partial charge in [0, 0.05) is 11.1 Å². The van der Waals surface area contributed by atoms with Gasteiger partial charge in [-0.3, -0.25) is 0 Å². The van der Waals surface area contributed by atoms with E-state index in [0.717, 1.165) is 22.1 Å². The predicted molar refractivity (Wildman–Crippen MR) is 160 cm³/mol. The van der Waals surface area contributed by atoms with Crippen LogP contribution in [0.3, 0.4) is 0 Å². The van der Waals surface area contributed by atoms with Gasteiger partial charge in [0.1, 0.15) is 13.1 Å². The number of unbranched alkanes of at least 4 members (excludes halogenated alkanes) is 10. The summed E-state index contributed by atoms with van der Waals surface area (Å²) in [5.41, 5.74) is 5.54. The van der Waals surface area contributed by atoms with E-state index in [1.54, 1.807) is 0 Å². The summed E-state index contributed by atoms with van der Waals surface area (Å²) in [5.74, 6) is 0. The van der Waals surface area contributed by atoms with Crippen LogP contribution < -0.4 is 34.0 Å². The second-order valence-electron chi connectivity index (χ2n) is 12.6. The molecular formula is C34H58Br2N2. The van der Waals surface area contributed by atoms with Crippen molar-refractivity contribution < 1.29 is 42.9 Å². The Bertz CT molecular complexity index is 757. The molecule has 0 unspecified atom stereocenters. The molecule has 38 heavy (non-hydrogen) atoms. The van der Waals surface area contributed by atoms with Gasteiger partial charge in [0.2, 0.25) is 0 Å². The quantitative estimate of drug-likeness (QED) is 0.161. The average molecular weight is 655 g/mol. The van der Waals surface area contributed by atoms with Crippen molar-refractivity contribution in [2.75, 3.05) is 41.3 Å². The average Bonchev–Trinajstić information content (AvgIpc) is 2.84. The molecule has 0 fully saturated rings. The topological polar surface area (TPSA) is 0 Å². The van der Waals surface area contributed by atoms with E-state index in [4.69, 9.17) is 0 Å². The molecule has 0 aliphatic carbocycles. The van der Waals surface area contributed by atoms with E-state index in [1.165, 1.54) is 112 Å². The lowest BCUT2D eigenvalue weighted by Crippen LogP contribution is -3.00. The molecule has 0 atom stereocenters. The number of quaternary nitrogens is 2. The van der Waals surface area contributed by atoms with Gasteiger partial charge in [-0.2, -0.15) is 0 Å². The first kappa shape index (κ1) is 37.3. The van der Waals surface area contributed by atoms with E-state index < -0.39 is 0 Å². The molecule has 0 amide bonds. The summed E-state index contributed by atoms with van der Waals surface area (Å²) in [6, 6.07) is 18.6. The monoisotopic (exact) mass is 652 g/mol. The second-order valence-corrected chi connectivity index (χ2v) is 12.6. The molecule has 0 radical (unpaired) electrons. The van der Waals surface area contributed by atoms with Crippen LogP contribution in [0.25, 0.3) is 11.1 Å². The van der Waals surface area contributed by atoms with Gasteiger partial charge in [0.05, 0.1) is 41.3 Å². The predicted octanol–water partition coefficient (Wildman–Crippen LogP) is 3.24. The van der Waals surface area contributed by atoms with Gasteiger partial charge in [-0.15, -0.1) is 0 Å². The van der Waals surface area contributed by atoms with E-state index in [0.29, 0.717) is 0 Å². The normalized spacial score (nSPS) is 11.6. The molecular weight excluding hydrogens is 596 g/mol. The highest BCUT2D eigenvalue weighted by Gasteiger charge is 2.17. The minimum absolute atomic E-state index is 0. The fourth-order valence-electron chi connectivity index (χ4n) is 5.39. The van der Waals surface area contributed by atoms with Gasteiger partial charge in [0.25, 0.3) is 0 Å². The Morgan fingerprint density at radius 1 is 0.421 bits per heavy atom. The van der Waals surface area contributed by atoms with Crippen LogP contribution in [0.4, 0.5) is 0 Å². The Balaban J connectivity index is 0.00000684. The molecule has 0 saturated carbocycles. The van der Waals surface area contributed by atoms with Gasteiger partial charge in [-0.1, -0.05) is 114 Å². The molecule has 2 aromatic carbocycles. The van der Waals surface area contributed by atoms with Crippen LogP contribution in [0.5, 0.6) is 0 Å². The van der Waals surface area contributed by atoms with E-state index in [2.05, 4.69) is 90.6 Å². The summed E-state index contributed by atoms with van der Waals surface area (Å²) in [4.78, 5) is 0. The third-order valence-electron chi connectivity index (χ3n) is 7.70. The first-order valence-electron chi connectivity index (χ1n) is 15.1. The highest BCUT2D eigenvalue weighted by Crippen LogP contribution is 2.23. The third kappa shape index (κ3) is 15.8. The van der Waals surface area contributed by atoms with Gasteiger partial charge in [-0.05, 0) is 36.8 Å². The molecule has 2 rings (SSSR count). The summed E-state index contributed by atoms with van der Waals surface area (Å²) in [7, 11) is 9.52. The molecule has 0 heterocycles. The maximum absolute atomic E-state index is 2.38. The van der Waals surface area contributed by atoms with Gasteiger partial charge in [0.15, 0.2) is 0 Å². The van der Waals surface area contributed by atoms with Gasteiger partial charge in [-0.25, -0.2) is 0 Å². The van der Waals surface area contributed by atoms with Crippen LogP contribution in [0.1, 0.15) is 102 Å². The maximum Gasteiger partial charge on any atom is 0.104 e. The molecule has 0 bridgehead atoms. The second kappa shape index (κ2) is 20.2. The standard InChI is InChI=1S/C34H58N2.2BrH/c1-7-9-11-13-15-17-27-35(3,4)29-31-19-23-33(24-20-31)34-25-21-32(22-26-34)30-36(5,6)28-18-16-14-12-10-8-2;;/h19-26H,7-18,27-30H2,1-6H3;2*1H/q+2;;/p-2. The summed E-state index contributed by atoms with van der Waals surface area (Å²) in [5, 5.41) is 0. The summed E-state index contributed by atoms with van der Waals surface area (Å²) in [6.07, 6.45) is 16.5. The van der Waals surface area contributed by atoms with Crippen molar-refractivity contribution in [2.24, 2.45) is 0 Å². The molecule has 218 valence electrons. The maximum atomic E-state index is 2.38. The molecule has 0 aliphatic rings. The summed E-state index contributed by atoms with van der Waals surface area (Å²) >= 11 is 0. The Labute approximate surface area is 257 Å². The Morgan fingerprint density at radius 3 is 1.03 bits per heavy atom. The zero-order valence-corrected chi connectivity index (χ0v) is 28.8. The van der Waals surface area contributed by atoms with Crippen molar-refractivity contribution >= 4 is 0 Å². The Hall–Kier alpha value is -0.680. The molecule has 0 saturated heterocycles. The fourth-order valence-corrected chi connectivity index (χ4v) is 5.39. The van der Waals surface area contributed by atoms with Crippen molar-refractivity contribution in [3.05, 3.63) is 59.7 Å². The number of nitrogens with zero attached hydrogens (tertiary/aromatic N) is 2. The molecule has 0 N–H and O–H groups in total. The number of hydrogen-bond acceptors (Lipinski definition) is 0. The smallest absolute Gasteiger partial charge is 0.104 e. The van der Waals surface area contributed by atoms with Crippen molar-refractivity contribution in [2.45, 2.75) is 104 Å². The van der Waals surface area contributed by atoms with Crippen molar-refractivity contribution in [1.29, 1.82) is 0 Å². The lowest BCUT2D eigenvalue weighted by atomic mass is 10.0. The van der Waals surface area contributed by atoms with Crippen LogP contribution in [0.2, 0.25) is 0 Å². The van der Waals surface area contributed by atoms with E-state index in [1.807, 2.05) is 0 Å². The molecule has 2 aromatic rings. The van der Waals surface area contributed by atoms with Crippen LogP contribution in [-0.4, -0.2) is 50.2 Å². The SMILES string of the molecule is CCCCCCCC[N+](C)(C)Cc1ccc(-c2ccc(C[N+](C)(C)CCCCCCCC)cc2)cc1.[Br-].[Br-]. The van der Waals surface area contributed by atoms with E-state index >= 15 is 0 Å². The Morgan fingerprint density at radius 2 is 0.711 bits per heavy atom. The van der Waals surface area contributed by atoms with Gasteiger partial charge < -0.3 is 42.9 Å².